The zero-order valence-electron chi connectivity index (χ0n) is 8.51. The van der Waals surface area contributed by atoms with Crippen molar-refractivity contribution in [3.8, 4) is 0 Å². The summed E-state index contributed by atoms with van der Waals surface area (Å²) in [6, 6.07) is 0. The fraction of sp³-hybridized carbons (Fsp3) is 0.250. The van der Waals surface area contributed by atoms with Crippen molar-refractivity contribution in [1.29, 1.82) is 0 Å². The molecule has 0 saturated heterocycles. The molecule has 3 N–H and O–H groups in total. The zero-order valence-corrected chi connectivity index (χ0v) is 11.1. The van der Waals surface area contributed by atoms with Crippen LogP contribution in [0.1, 0.15) is 8.35 Å². The number of hydrogen-bond donors (Lipinski definition) is 2. The minimum atomic E-state index is -3.82. The number of anilines is 1. The standard InChI is InChI=1S/C4H6N4O3S2.Na.H/c1-2(9)6-3-7-8-4(12-3)13(5,10)11;;/h1H3,(H2,5,10,11)(H,6,7,9);;/q;+1;-1. The van der Waals surface area contributed by atoms with E-state index in [4.69, 9.17) is 5.14 Å². The van der Waals surface area contributed by atoms with Gasteiger partial charge in [-0.3, -0.25) is 4.79 Å². The van der Waals surface area contributed by atoms with Gasteiger partial charge in [0.15, 0.2) is 0 Å². The first-order valence-electron chi connectivity index (χ1n) is 3.03. The fourth-order valence-electron chi connectivity index (χ4n) is 0.526. The Morgan fingerprint density at radius 3 is 2.50 bits per heavy atom. The average molecular weight is 246 g/mol. The van der Waals surface area contributed by atoms with Gasteiger partial charge in [0.05, 0.1) is 0 Å². The van der Waals surface area contributed by atoms with E-state index in [-0.39, 0.29) is 46.4 Å². The summed E-state index contributed by atoms with van der Waals surface area (Å²) in [6.07, 6.45) is 0. The Kier molecular flexibility index (Phi) is 5.12. The van der Waals surface area contributed by atoms with Crippen LogP contribution in [0.2, 0.25) is 0 Å². The second-order valence-electron chi connectivity index (χ2n) is 2.10. The minimum absolute atomic E-state index is 0. The Bertz CT molecular complexity index is 433. The molecule has 0 aliphatic carbocycles. The smallest absolute Gasteiger partial charge is 1.00 e. The quantitative estimate of drug-likeness (QED) is 0.411. The molecule has 1 rings (SSSR count). The molecular formula is C4H7N4NaO3S2. The summed E-state index contributed by atoms with van der Waals surface area (Å²) in [4.78, 5) is 10.5. The summed E-state index contributed by atoms with van der Waals surface area (Å²) < 4.78 is 21.1. The summed E-state index contributed by atoms with van der Waals surface area (Å²) in [5.41, 5.74) is 0. The molecule has 10 heteroatoms. The van der Waals surface area contributed by atoms with Crippen molar-refractivity contribution in [2.75, 3.05) is 5.32 Å². The van der Waals surface area contributed by atoms with E-state index in [2.05, 4.69) is 15.5 Å². The number of sulfonamides is 1. The topological polar surface area (TPSA) is 115 Å². The first-order chi connectivity index (χ1) is 5.89. The van der Waals surface area contributed by atoms with E-state index < -0.39 is 10.0 Å². The second-order valence-corrected chi connectivity index (χ2v) is 4.81. The van der Waals surface area contributed by atoms with Crippen molar-refractivity contribution in [3.05, 3.63) is 0 Å². The number of primary sulfonamides is 1. The van der Waals surface area contributed by atoms with Crippen LogP contribution >= 0.6 is 11.3 Å². The molecule has 0 aromatic carbocycles. The molecule has 0 bridgehead atoms. The summed E-state index contributed by atoms with van der Waals surface area (Å²) in [7, 11) is -3.82. The van der Waals surface area contributed by atoms with Gasteiger partial charge in [-0.25, -0.2) is 13.6 Å². The number of aromatic nitrogens is 2. The van der Waals surface area contributed by atoms with Gasteiger partial charge >= 0.3 is 29.6 Å². The second kappa shape index (κ2) is 5.14. The van der Waals surface area contributed by atoms with Gasteiger partial charge in [0.1, 0.15) is 0 Å². The molecule has 14 heavy (non-hydrogen) atoms. The van der Waals surface area contributed by atoms with Crippen molar-refractivity contribution in [3.63, 3.8) is 0 Å². The predicted molar refractivity (Wildman–Crippen MR) is 46.7 cm³/mol. The summed E-state index contributed by atoms with van der Waals surface area (Å²) in [5, 5.41) is 13.8. The normalized spacial score (nSPS) is 10.4. The number of nitrogens with one attached hydrogen (secondary N) is 1. The molecule has 1 heterocycles. The fourth-order valence-corrected chi connectivity index (χ4v) is 1.91. The Morgan fingerprint density at radius 2 is 2.14 bits per heavy atom. The Balaban J connectivity index is 0. The summed E-state index contributed by atoms with van der Waals surface area (Å²) in [6.45, 7) is 1.28. The van der Waals surface area contributed by atoms with Crippen molar-refractivity contribution in [2.45, 2.75) is 11.3 Å². The molecule has 1 aromatic rings. The molecule has 0 atom stereocenters. The third-order valence-corrected chi connectivity index (χ3v) is 3.08. The van der Waals surface area contributed by atoms with Crippen molar-refractivity contribution in [1.82, 2.24) is 10.2 Å². The van der Waals surface area contributed by atoms with Crippen LogP contribution in [0.5, 0.6) is 0 Å². The number of hydrogen-bond acceptors (Lipinski definition) is 6. The van der Waals surface area contributed by atoms with Crippen LogP contribution < -0.4 is 40.0 Å². The third-order valence-electron chi connectivity index (χ3n) is 0.933. The largest absolute Gasteiger partial charge is 1.00 e. The van der Waals surface area contributed by atoms with Crippen LogP contribution in [0, 0.1) is 0 Å². The van der Waals surface area contributed by atoms with Gasteiger partial charge < -0.3 is 6.74 Å². The van der Waals surface area contributed by atoms with Crippen LogP contribution in [0.15, 0.2) is 4.34 Å². The Morgan fingerprint density at radius 1 is 1.57 bits per heavy atom. The van der Waals surface area contributed by atoms with Gasteiger partial charge in [0, 0.05) is 6.92 Å². The first-order valence-corrected chi connectivity index (χ1v) is 5.40. The summed E-state index contributed by atoms with van der Waals surface area (Å²) in [5.74, 6) is -0.350. The number of amides is 1. The van der Waals surface area contributed by atoms with E-state index in [0.29, 0.717) is 11.3 Å². The van der Waals surface area contributed by atoms with Crippen molar-refractivity contribution in [2.24, 2.45) is 5.14 Å². The van der Waals surface area contributed by atoms with Gasteiger partial charge in [0.25, 0.3) is 10.0 Å². The molecule has 0 saturated carbocycles. The van der Waals surface area contributed by atoms with Gasteiger partial charge in [-0.2, -0.15) is 0 Å². The molecule has 74 valence electrons. The molecule has 0 fully saturated rings. The molecule has 0 spiro atoms. The van der Waals surface area contributed by atoms with Gasteiger partial charge in [-0.1, -0.05) is 11.3 Å². The molecule has 7 nitrogen and oxygen atoms in total. The van der Waals surface area contributed by atoms with Crippen LogP contribution in [0.3, 0.4) is 0 Å². The third kappa shape index (κ3) is 3.98. The van der Waals surface area contributed by atoms with Crippen LogP contribution in [0.4, 0.5) is 5.13 Å². The number of nitrogens with zero attached hydrogens (tertiary/aromatic N) is 2. The maximum absolute atomic E-state index is 10.7. The van der Waals surface area contributed by atoms with E-state index in [1.807, 2.05) is 0 Å². The molecule has 0 radical (unpaired) electrons. The number of carbonyl (C=O) groups excluding carboxylic acids is 1. The first kappa shape index (κ1) is 13.9. The van der Waals surface area contributed by atoms with E-state index in [1.54, 1.807) is 0 Å². The van der Waals surface area contributed by atoms with Gasteiger partial charge in [-0.15, -0.1) is 10.2 Å². The molecule has 1 amide bonds. The Labute approximate surface area is 108 Å². The van der Waals surface area contributed by atoms with Gasteiger partial charge in [-0.05, 0) is 0 Å². The van der Waals surface area contributed by atoms with E-state index in [0.717, 1.165) is 0 Å². The molecular weight excluding hydrogens is 239 g/mol. The van der Waals surface area contributed by atoms with Crippen molar-refractivity contribution >= 4 is 32.4 Å². The van der Waals surface area contributed by atoms with Crippen molar-refractivity contribution < 1.29 is 44.2 Å². The van der Waals surface area contributed by atoms with Crippen LogP contribution in [-0.2, 0) is 14.8 Å². The molecule has 0 aliphatic rings. The van der Waals surface area contributed by atoms with Gasteiger partial charge in [0.2, 0.25) is 15.4 Å². The number of carbonyl (C=O) groups is 1. The predicted octanol–water partition coefficient (Wildman–Crippen LogP) is -3.74. The van der Waals surface area contributed by atoms with E-state index >= 15 is 0 Å². The monoisotopic (exact) mass is 246 g/mol. The van der Waals surface area contributed by atoms with Crippen LogP contribution in [0.25, 0.3) is 0 Å². The molecule has 0 aliphatic heterocycles. The average Bonchev–Trinajstić information content (AvgIpc) is 2.32. The SMILES string of the molecule is CC(=O)Nc1nnc(S(N)(=O)=O)s1.[H-].[Na+]. The Hall–Kier alpha value is -0.0600. The zero-order chi connectivity index (χ0) is 10.1. The molecule has 0 unspecified atom stereocenters. The number of nitrogens with two attached hydrogens (primary N) is 1. The maximum atomic E-state index is 10.7. The van der Waals surface area contributed by atoms with Crippen LogP contribution in [-0.4, -0.2) is 24.5 Å². The number of rotatable bonds is 2. The maximum Gasteiger partial charge on any atom is 1.00 e. The summed E-state index contributed by atoms with van der Waals surface area (Å²) >= 11 is 0.701. The molecule has 1 aromatic heterocycles. The minimum Gasteiger partial charge on any atom is -1.00 e. The van der Waals surface area contributed by atoms with E-state index in [1.165, 1.54) is 6.92 Å². The van der Waals surface area contributed by atoms with E-state index in [9.17, 15) is 13.2 Å².